The smallest absolute Gasteiger partial charge is 0.144 e. The van der Waals surface area contributed by atoms with E-state index in [2.05, 4.69) is 36.3 Å². The first-order valence-corrected chi connectivity index (χ1v) is 6.47. The molecule has 0 saturated heterocycles. The largest absolute Gasteiger partial charge is 0.369 e. The van der Waals surface area contributed by atoms with E-state index in [0.29, 0.717) is 11.4 Å². The lowest BCUT2D eigenvalue weighted by atomic mass is 10.0. The van der Waals surface area contributed by atoms with E-state index in [9.17, 15) is 0 Å². The van der Waals surface area contributed by atoms with Crippen LogP contribution in [0.25, 0.3) is 11.3 Å². The number of aromatic nitrogens is 1. The number of nitrogens with one attached hydrogen (secondary N) is 1. The highest BCUT2D eigenvalue weighted by atomic mass is 15.0. The summed E-state index contributed by atoms with van der Waals surface area (Å²) in [5.41, 5.74) is 3.77. The van der Waals surface area contributed by atoms with Crippen LogP contribution in [0.4, 0.5) is 5.82 Å². The van der Waals surface area contributed by atoms with Gasteiger partial charge in [0.15, 0.2) is 0 Å². The predicted molar refractivity (Wildman–Crippen MR) is 77.9 cm³/mol. The standard InChI is InChI=1S/C16H17N3/c1-3-10-18-16-13(11-17)8-9-15(19-16)14-7-5-4-6-12(14)2/h4-9H,3,10H2,1-2H3,(H,18,19). The van der Waals surface area contributed by atoms with E-state index < -0.39 is 0 Å². The van der Waals surface area contributed by atoms with E-state index in [0.717, 1.165) is 24.2 Å². The van der Waals surface area contributed by atoms with Gasteiger partial charge in [0, 0.05) is 12.1 Å². The van der Waals surface area contributed by atoms with Crippen molar-refractivity contribution in [2.24, 2.45) is 0 Å². The fourth-order valence-electron chi connectivity index (χ4n) is 1.94. The fraction of sp³-hybridized carbons (Fsp3) is 0.250. The molecule has 19 heavy (non-hydrogen) atoms. The summed E-state index contributed by atoms with van der Waals surface area (Å²) in [6, 6.07) is 14.0. The lowest BCUT2D eigenvalue weighted by Gasteiger charge is -2.10. The second-order valence-corrected chi connectivity index (χ2v) is 4.45. The molecule has 3 heteroatoms. The van der Waals surface area contributed by atoms with Gasteiger partial charge in [0.25, 0.3) is 0 Å². The number of aryl methyl sites for hydroxylation is 1. The van der Waals surface area contributed by atoms with Crippen molar-refractivity contribution in [1.29, 1.82) is 5.26 Å². The van der Waals surface area contributed by atoms with Crippen LogP contribution in [0, 0.1) is 18.3 Å². The summed E-state index contributed by atoms with van der Waals surface area (Å²) in [4.78, 5) is 4.58. The minimum Gasteiger partial charge on any atom is -0.369 e. The highest BCUT2D eigenvalue weighted by molar-refractivity contribution is 5.67. The maximum Gasteiger partial charge on any atom is 0.144 e. The van der Waals surface area contributed by atoms with Gasteiger partial charge in [-0.1, -0.05) is 31.2 Å². The van der Waals surface area contributed by atoms with Crippen molar-refractivity contribution in [2.45, 2.75) is 20.3 Å². The van der Waals surface area contributed by atoms with Crippen molar-refractivity contribution in [3.8, 4) is 17.3 Å². The van der Waals surface area contributed by atoms with Crippen molar-refractivity contribution < 1.29 is 0 Å². The Bertz CT molecular complexity index is 612. The Morgan fingerprint density at radius 2 is 2.00 bits per heavy atom. The van der Waals surface area contributed by atoms with Gasteiger partial charge in [-0.3, -0.25) is 0 Å². The number of benzene rings is 1. The number of nitrogens with zero attached hydrogens (tertiary/aromatic N) is 2. The molecular formula is C16H17N3. The molecule has 1 heterocycles. The third-order valence-corrected chi connectivity index (χ3v) is 2.98. The highest BCUT2D eigenvalue weighted by Crippen LogP contribution is 2.24. The average Bonchev–Trinajstić information content (AvgIpc) is 2.45. The highest BCUT2D eigenvalue weighted by Gasteiger charge is 2.07. The van der Waals surface area contributed by atoms with Crippen LogP contribution < -0.4 is 5.32 Å². The molecule has 3 nitrogen and oxygen atoms in total. The van der Waals surface area contributed by atoms with Crippen LogP contribution in [0.3, 0.4) is 0 Å². The van der Waals surface area contributed by atoms with Crippen LogP contribution in [-0.4, -0.2) is 11.5 Å². The number of hydrogen-bond donors (Lipinski definition) is 1. The second kappa shape index (κ2) is 6.01. The summed E-state index contributed by atoms with van der Waals surface area (Å²) < 4.78 is 0. The Labute approximate surface area is 113 Å². The Hall–Kier alpha value is -2.34. The zero-order chi connectivity index (χ0) is 13.7. The summed E-state index contributed by atoms with van der Waals surface area (Å²) >= 11 is 0. The van der Waals surface area contributed by atoms with E-state index in [1.54, 1.807) is 0 Å². The van der Waals surface area contributed by atoms with Gasteiger partial charge in [-0.2, -0.15) is 5.26 Å². The van der Waals surface area contributed by atoms with Gasteiger partial charge in [-0.15, -0.1) is 0 Å². The van der Waals surface area contributed by atoms with E-state index in [4.69, 9.17) is 5.26 Å². The zero-order valence-electron chi connectivity index (χ0n) is 11.3. The van der Waals surface area contributed by atoms with Gasteiger partial charge < -0.3 is 5.32 Å². The van der Waals surface area contributed by atoms with Crippen molar-refractivity contribution in [2.75, 3.05) is 11.9 Å². The van der Waals surface area contributed by atoms with Crippen molar-refractivity contribution in [1.82, 2.24) is 4.98 Å². The maximum atomic E-state index is 9.10. The van der Waals surface area contributed by atoms with E-state index >= 15 is 0 Å². The molecular weight excluding hydrogens is 234 g/mol. The number of hydrogen-bond acceptors (Lipinski definition) is 3. The number of pyridine rings is 1. The first-order valence-electron chi connectivity index (χ1n) is 6.47. The number of nitriles is 1. The topological polar surface area (TPSA) is 48.7 Å². The predicted octanol–water partition coefficient (Wildman–Crippen LogP) is 3.75. The van der Waals surface area contributed by atoms with E-state index in [1.807, 2.05) is 30.3 Å². The SMILES string of the molecule is CCCNc1nc(-c2ccccc2C)ccc1C#N. The normalized spacial score (nSPS) is 9.95. The minimum absolute atomic E-state index is 0.589. The van der Waals surface area contributed by atoms with Gasteiger partial charge in [0.1, 0.15) is 11.9 Å². The van der Waals surface area contributed by atoms with Crippen LogP contribution >= 0.6 is 0 Å². The van der Waals surface area contributed by atoms with Crippen molar-refractivity contribution in [3.05, 3.63) is 47.5 Å². The molecule has 2 rings (SSSR count). The zero-order valence-corrected chi connectivity index (χ0v) is 11.3. The van der Waals surface area contributed by atoms with Crippen molar-refractivity contribution >= 4 is 5.82 Å². The molecule has 0 radical (unpaired) electrons. The van der Waals surface area contributed by atoms with Gasteiger partial charge in [0.2, 0.25) is 0 Å². The summed E-state index contributed by atoms with van der Waals surface area (Å²) in [5.74, 6) is 0.671. The summed E-state index contributed by atoms with van der Waals surface area (Å²) in [7, 11) is 0. The first kappa shape index (κ1) is 13.1. The molecule has 2 aromatic rings. The lowest BCUT2D eigenvalue weighted by Crippen LogP contribution is -2.05. The summed E-state index contributed by atoms with van der Waals surface area (Å²) in [6.45, 7) is 4.97. The van der Waals surface area contributed by atoms with Gasteiger partial charge in [-0.25, -0.2) is 4.98 Å². The monoisotopic (exact) mass is 251 g/mol. The van der Waals surface area contributed by atoms with Crippen LogP contribution in [0.1, 0.15) is 24.5 Å². The molecule has 0 aliphatic heterocycles. The molecule has 0 saturated carbocycles. The molecule has 0 aliphatic carbocycles. The quantitative estimate of drug-likeness (QED) is 0.900. The Morgan fingerprint density at radius 1 is 1.21 bits per heavy atom. The minimum atomic E-state index is 0.589. The Balaban J connectivity index is 2.43. The Kier molecular flexibility index (Phi) is 4.15. The molecule has 0 amide bonds. The number of anilines is 1. The molecule has 0 spiro atoms. The third kappa shape index (κ3) is 2.92. The number of rotatable bonds is 4. The molecule has 1 N–H and O–H groups in total. The van der Waals surface area contributed by atoms with Gasteiger partial charge in [-0.05, 0) is 31.0 Å². The van der Waals surface area contributed by atoms with Crippen LogP contribution in [-0.2, 0) is 0 Å². The lowest BCUT2D eigenvalue weighted by molar-refractivity contribution is 0.968. The van der Waals surface area contributed by atoms with E-state index in [1.165, 1.54) is 5.56 Å². The van der Waals surface area contributed by atoms with Crippen LogP contribution in [0.5, 0.6) is 0 Å². The molecule has 96 valence electrons. The molecule has 0 bridgehead atoms. The molecule has 0 unspecified atom stereocenters. The maximum absolute atomic E-state index is 9.10. The fourth-order valence-corrected chi connectivity index (χ4v) is 1.94. The Morgan fingerprint density at radius 3 is 2.68 bits per heavy atom. The average molecular weight is 251 g/mol. The van der Waals surface area contributed by atoms with Gasteiger partial charge in [0.05, 0.1) is 11.3 Å². The van der Waals surface area contributed by atoms with Crippen LogP contribution in [0.15, 0.2) is 36.4 Å². The van der Waals surface area contributed by atoms with E-state index in [-0.39, 0.29) is 0 Å². The second-order valence-electron chi connectivity index (χ2n) is 4.45. The molecule has 1 aromatic carbocycles. The molecule has 0 aliphatic rings. The molecule has 0 fully saturated rings. The summed E-state index contributed by atoms with van der Waals surface area (Å²) in [6.07, 6.45) is 1.00. The molecule has 1 aromatic heterocycles. The van der Waals surface area contributed by atoms with Crippen LogP contribution in [0.2, 0.25) is 0 Å². The third-order valence-electron chi connectivity index (χ3n) is 2.98. The molecule has 0 atom stereocenters. The first-order chi connectivity index (χ1) is 9.26. The van der Waals surface area contributed by atoms with Gasteiger partial charge >= 0.3 is 0 Å². The van der Waals surface area contributed by atoms with Crippen molar-refractivity contribution in [3.63, 3.8) is 0 Å². The summed E-state index contributed by atoms with van der Waals surface area (Å²) in [5, 5.41) is 12.3.